The third-order valence-electron chi connectivity index (χ3n) is 3.35. The van der Waals surface area contributed by atoms with Gasteiger partial charge in [0.15, 0.2) is 0 Å². The monoisotopic (exact) mass is 264 g/mol. The first kappa shape index (κ1) is 15.5. The van der Waals surface area contributed by atoms with Gasteiger partial charge in [0.1, 0.15) is 0 Å². The Morgan fingerprint density at radius 1 is 1.42 bits per heavy atom. The van der Waals surface area contributed by atoms with E-state index in [0.717, 1.165) is 11.3 Å². The Bertz CT molecular complexity index is 420. The standard InChI is InChI=1S/C15H24N2O2/c1-11(12(2)19-5)16-15-8-6-7-14(9-15)10-17(4)13(3)18/h6-9,11-12,16H,10H2,1-5H3. The van der Waals surface area contributed by atoms with E-state index in [1.165, 1.54) is 0 Å². The van der Waals surface area contributed by atoms with Crippen LogP contribution in [0.4, 0.5) is 5.69 Å². The molecule has 0 aromatic heterocycles. The molecule has 2 unspecified atom stereocenters. The lowest BCUT2D eigenvalue weighted by molar-refractivity contribution is -0.128. The lowest BCUT2D eigenvalue weighted by Gasteiger charge is -2.22. The number of hydrogen-bond acceptors (Lipinski definition) is 3. The van der Waals surface area contributed by atoms with Gasteiger partial charge >= 0.3 is 0 Å². The topological polar surface area (TPSA) is 41.6 Å². The summed E-state index contributed by atoms with van der Waals surface area (Å²) >= 11 is 0. The van der Waals surface area contributed by atoms with Gasteiger partial charge in [-0.3, -0.25) is 4.79 Å². The van der Waals surface area contributed by atoms with Crippen LogP contribution in [0.25, 0.3) is 0 Å². The Kier molecular flexibility index (Phi) is 5.83. The molecule has 0 aliphatic heterocycles. The molecule has 0 saturated heterocycles. The maximum absolute atomic E-state index is 11.2. The van der Waals surface area contributed by atoms with Crippen molar-refractivity contribution in [3.8, 4) is 0 Å². The molecule has 1 N–H and O–H groups in total. The molecule has 1 aromatic rings. The highest BCUT2D eigenvalue weighted by atomic mass is 16.5. The normalized spacial score (nSPS) is 13.7. The molecule has 0 saturated carbocycles. The van der Waals surface area contributed by atoms with E-state index in [9.17, 15) is 4.79 Å². The van der Waals surface area contributed by atoms with E-state index >= 15 is 0 Å². The van der Waals surface area contributed by atoms with Crippen molar-refractivity contribution in [1.29, 1.82) is 0 Å². The number of rotatable bonds is 6. The minimum atomic E-state index is 0.0692. The molecule has 19 heavy (non-hydrogen) atoms. The molecule has 4 nitrogen and oxygen atoms in total. The zero-order chi connectivity index (χ0) is 14.4. The number of ether oxygens (including phenoxy) is 1. The average Bonchev–Trinajstić information content (AvgIpc) is 2.37. The van der Waals surface area contributed by atoms with Gasteiger partial charge in [0.05, 0.1) is 6.10 Å². The molecule has 0 bridgehead atoms. The number of nitrogens with one attached hydrogen (secondary N) is 1. The third kappa shape index (κ3) is 4.91. The van der Waals surface area contributed by atoms with Crippen molar-refractivity contribution in [3.63, 3.8) is 0 Å². The molecule has 0 heterocycles. The van der Waals surface area contributed by atoms with Gasteiger partial charge in [-0.25, -0.2) is 0 Å². The van der Waals surface area contributed by atoms with Gasteiger partial charge in [0.25, 0.3) is 0 Å². The molecule has 0 aliphatic rings. The van der Waals surface area contributed by atoms with Crippen LogP contribution in [0.5, 0.6) is 0 Å². The second-order valence-electron chi connectivity index (χ2n) is 4.95. The van der Waals surface area contributed by atoms with Gasteiger partial charge in [-0.15, -0.1) is 0 Å². The maximum atomic E-state index is 11.2. The van der Waals surface area contributed by atoms with Crippen LogP contribution in [-0.4, -0.2) is 37.1 Å². The number of amides is 1. The Morgan fingerprint density at radius 2 is 2.11 bits per heavy atom. The van der Waals surface area contributed by atoms with Crippen LogP contribution in [-0.2, 0) is 16.1 Å². The molecule has 0 aliphatic carbocycles. The number of carbonyl (C=O) groups is 1. The second-order valence-corrected chi connectivity index (χ2v) is 4.95. The lowest BCUT2D eigenvalue weighted by Crippen LogP contribution is -2.29. The Balaban J connectivity index is 2.69. The van der Waals surface area contributed by atoms with Crippen LogP contribution in [0.2, 0.25) is 0 Å². The number of nitrogens with zero attached hydrogens (tertiary/aromatic N) is 1. The Morgan fingerprint density at radius 3 is 2.68 bits per heavy atom. The van der Waals surface area contributed by atoms with Crippen LogP contribution >= 0.6 is 0 Å². The first-order valence-electron chi connectivity index (χ1n) is 6.54. The van der Waals surface area contributed by atoms with Crippen molar-refractivity contribution in [1.82, 2.24) is 4.90 Å². The summed E-state index contributed by atoms with van der Waals surface area (Å²) in [6, 6.07) is 8.34. The van der Waals surface area contributed by atoms with E-state index in [0.29, 0.717) is 6.54 Å². The van der Waals surface area contributed by atoms with Crippen molar-refractivity contribution in [2.75, 3.05) is 19.5 Å². The Labute approximate surface area is 115 Å². The summed E-state index contributed by atoms with van der Waals surface area (Å²) in [4.78, 5) is 12.9. The van der Waals surface area contributed by atoms with Gasteiger partial charge in [-0.1, -0.05) is 12.1 Å². The highest BCUT2D eigenvalue weighted by Gasteiger charge is 2.11. The van der Waals surface area contributed by atoms with E-state index in [1.807, 2.05) is 25.1 Å². The summed E-state index contributed by atoms with van der Waals surface area (Å²) in [6.07, 6.45) is 0.142. The molecule has 1 amide bonds. The minimum absolute atomic E-state index is 0.0692. The fourth-order valence-electron chi connectivity index (χ4n) is 1.73. The van der Waals surface area contributed by atoms with Crippen LogP contribution in [0, 0.1) is 0 Å². The summed E-state index contributed by atoms with van der Waals surface area (Å²) in [5, 5.41) is 3.41. The third-order valence-corrected chi connectivity index (χ3v) is 3.35. The molecule has 0 fully saturated rings. The summed E-state index contributed by atoms with van der Waals surface area (Å²) in [5.74, 6) is 0.0692. The molecule has 1 aromatic carbocycles. The summed E-state index contributed by atoms with van der Waals surface area (Å²) < 4.78 is 5.30. The van der Waals surface area contributed by atoms with Crippen molar-refractivity contribution in [2.24, 2.45) is 0 Å². The van der Waals surface area contributed by atoms with Crippen LogP contribution in [0.15, 0.2) is 24.3 Å². The first-order valence-corrected chi connectivity index (χ1v) is 6.54. The zero-order valence-electron chi connectivity index (χ0n) is 12.4. The quantitative estimate of drug-likeness (QED) is 0.858. The van der Waals surface area contributed by atoms with E-state index in [1.54, 1.807) is 26.0 Å². The SMILES string of the molecule is COC(C)C(C)Nc1cccc(CN(C)C(C)=O)c1. The van der Waals surface area contributed by atoms with Crippen molar-refractivity contribution >= 4 is 11.6 Å². The zero-order valence-corrected chi connectivity index (χ0v) is 12.4. The highest BCUT2D eigenvalue weighted by molar-refractivity contribution is 5.72. The van der Waals surface area contributed by atoms with Crippen molar-refractivity contribution < 1.29 is 9.53 Å². The molecule has 106 valence electrons. The maximum Gasteiger partial charge on any atom is 0.219 e. The Hall–Kier alpha value is -1.55. The molecule has 4 heteroatoms. The average molecular weight is 264 g/mol. The molecule has 1 rings (SSSR count). The smallest absolute Gasteiger partial charge is 0.219 e. The van der Waals surface area contributed by atoms with Gasteiger partial charge in [-0.2, -0.15) is 0 Å². The van der Waals surface area contributed by atoms with E-state index in [-0.39, 0.29) is 18.1 Å². The second kappa shape index (κ2) is 7.14. The van der Waals surface area contributed by atoms with E-state index < -0.39 is 0 Å². The predicted molar refractivity (Wildman–Crippen MR) is 78.1 cm³/mol. The number of methoxy groups -OCH3 is 1. The van der Waals surface area contributed by atoms with Gasteiger partial charge in [0, 0.05) is 39.4 Å². The molecule has 0 spiro atoms. The van der Waals surface area contributed by atoms with Gasteiger partial charge in [-0.05, 0) is 31.5 Å². The fourth-order valence-corrected chi connectivity index (χ4v) is 1.73. The van der Waals surface area contributed by atoms with Crippen molar-refractivity contribution in [3.05, 3.63) is 29.8 Å². The lowest BCUT2D eigenvalue weighted by atomic mass is 10.1. The summed E-state index contributed by atoms with van der Waals surface area (Å²) in [5.41, 5.74) is 2.16. The van der Waals surface area contributed by atoms with Crippen LogP contribution < -0.4 is 5.32 Å². The fraction of sp³-hybridized carbons (Fsp3) is 0.533. The van der Waals surface area contributed by atoms with E-state index in [4.69, 9.17) is 4.74 Å². The number of benzene rings is 1. The molecule has 2 atom stereocenters. The van der Waals surface area contributed by atoms with Gasteiger partial charge in [0.2, 0.25) is 5.91 Å². The van der Waals surface area contributed by atoms with Crippen LogP contribution in [0.3, 0.4) is 0 Å². The first-order chi connectivity index (χ1) is 8.93. The minimum Gasteiger partial charge on any atom is -0.380 e. The van der Waals surface area contributed by atoms with Crippen LogP contribution in [0.1, 0.15) is 26.3 Å². The number of carbonyl (C=O) groups excluding carboxylic acids is 1. The molecule has 0 radical (unpaired) electrons. The van der Waals surface area contributed by atoms with Crippen molar-refractivity contribution in [2.45, 2.75) is 39.5 Å². The molecular weight excluding hydrogens is 240 g/mol. The molecular formula is C15H24N2O2. The summed E-state index contributed by atoms with van der Waals surface area (Å²) in [6.45, 7) is 6.32. The summed E-state index contributed by atoms with van der Waals surface area (Å²) in [7, 11) is 3.51. The highest BCUT2D eigenvalue weighted by Crippen LogP contribution is 2.14. The predicted octanol–water partition coefficient (Wildman–Crippen LogP) is 2.50. The van der Waals surface area contributed by atoms with Gasteiger partial charge < -0.3 is 15.0 Å². The largest absolute Gasteiger partial charge is 0.380 e. The van der Waals surface area contributed by atoms with E-state index in [2.05, 4.69) is 18.3 Å². The number of hydrogen-bond donors (Lipinski definition) is 1. The number of anilines is 1.